The summed E-state index contributed by atoms with van der Waals surface area (Å²) < 4.78 is 22.7. The zero-order valence-electron chi connectivity index (χ0n) is 8.40. The van der Waals surface area contributed by atoms with Crippen molar-refractivity contribution in [2.24, 2.45) is 0 Å². The first kappa shape index (κ1) is 11.5. The molecule has 0 aromatic heterocycles. The minimum Gasteiger partial charge on any atom is -0.398 e. The summed E-state index contributed by atoms with van der Waals surface area (Å²) in [5, 5.41) is 8.42. The van der Waals surface area contributed by atoms with Crippen molar-refractivity contribution < 1.29 is 8.42 Å². The van der Waals surface area contributed by atoms with Crippen LogP contribution in [-0.4, -0.2) is 14.7 Å². The number of anilines is 1. The standard InChI is InChI=1S/C10H12N2O2S/c1-15(13,14)10-7-8(3-2-6-11)4-5-9(10)12/h4-5,7H,2-3,12H2,1H3. The van der Waals surface area contributed by atoms with Gasteiger partial charge in [0.25, 0.3) is 0 Å². The van der Waals surface area contributed by atoms with Gasteiger partial charge in [-0.1, -0.05) is 6.07 Å². The lowest BCUT2D eigenvalue weighted by atomic mass is 10.1. The van der Waals surface area contributed by atoms with Gasteiger partial charge in [0.2, 0.25) is 0 Å². The number of nitrogens with two attached hydrogens (primary N) is 1. The normalized spacial score (nSPS) is 10.9. The highest BCUT2D eigenvalue weighted by Crippen LogP contribution is 2.20. The van der Waals surface area contributed by atoms with E-state index in [2.05, 4.69) is 0 Å². The molecular weight excluding hydrogens is 212 g/mol. The van der Waals surface area contributed by atoms with Gasteiger partial charge in [0, 0.05) is 12.7 Å². The molecule has 0 heterocycles. The number of nitriles is 1. The molecule has 0 unspecified atom stereocenters. The molecule has 4 nitrogen and oxygen atoms in total. The van der Waals surface area contributed by atoms with Gasteiger partial charge in [0.15, 0.2) is 9.84 Å². The van der Waals surface area contributed by atoms with Crippen molar-refractivity contribution in [3.63, 3.8) is 0 Å². The molecule has 0 saturated carbocycles. The smallest absolute Gasteiger partial charge is 0.177 e. The van der Waals surface area contributed by atoms with Crippen molar-refractivity contribution in [3.05, 3.63) is 23.8 Å². The average molecular weight is 224 g/mol. The highest BCUT2D eigenvalue weighted by Gasteiger charge is 2.11. The lowest BCUT2D eigenvalue weighted by Crippen LogP contribution is -2.03. The molecule has 5 heteroatoms. The van der Waals surface area contributed by atoms with Gasteiger partial charge < -0.3 is 5.73 Å². The van der Waals surface area contributed by atoms with Crippen LogP contribution < -0.4 is 5.73 Å². The zero-order valence-corrected chi connectivity index (χ0v) is 9.21. The van der Waals surface area contributed by atoms with Crippen molar-refractivity contribution in [2.45, 2.75) is 17.7 Å². The summed E-state index contributed by atoms with van der Waals surface area (Å²) in [5.74, 6) is 0. The molecule has 0 bridgehead atoms. The summed E-state index contributed by atoms with van der Waals surface area (Å²) in [5.41, 5.74) is 6.62. The van der Waals surface area contributed by atoms with Crippen molar-refractivity contribution in [1.29, 1.82) is 5.26 Å². The maximum Gasteiger partial charge on any atom is 0.177 e. The average Bonchev–Trinajstić information content (AvgIpc) is 2.15. The summed E-state index contributed by atoms with van der Waals surface area (Å²) in [7, 11) is -3.29. The zero-order chi connectivity index (χ0) is 11.5. The van der Waals surface area contributed by atoms with Gasteiger partial charge in [-0.05, 0) is 24.1 Å². The van der Waals surface area contributed by atoms with E-state index in [1.165, 1.54) is 6.07 Å². The van der Waals surface area contributed by atoms with E-state index in [1.807, 2.05) is 6.07 Å². The van der Waals surface area contributed by atoms with Crippen LogP contribution in [0.3, 0.4) is 0 Å². The summed E-state index contributed by atoms with van der Waals surface area (Å²) in [6.07, 6.45) is 2.03. The van der Waals surface area contributed by atoms with E-state index >= 15 is 0 Å². The Bertz CT molecular complexity index is 501. The number of rotatable bonds is 3. The molecular formula is C10H12N2O2S. The molecule has 0 fully saturated rings. The number of hydrogen-bond acceptors (Lipinski definition) is 4. The van der Waals surface area contributed by atoms with E-state index in [1.54, 1.807) is 12.1 Å². The van der Waals surface area contributed by atoms with Crippen molar-refractivity contribution in [1.82, 2.24) is 0 Å². The van der Waals surface area contributed by atoms with Gasteiger partial charge >= 0.3 is 0 Å². The van der Waals surface area contributed by atoms with Crippen molar-refractivity contribution >= 4 is 15.5 Å². The second-order valence-electron chi connectivity index (χ2n) is 3.30. The highest BCUT2D eigenvalue weighted by molar-refractivity contribution is 7.90. The molecule has 0 aliphatic carbocycles. The minimum atomic E-state index is -3.29. The van der Waals surface area contributed by atoms with E-state index in [-0.39, 0.29) is 10.6 Å². The van der Waals surface area contributed by atoms with E-state index in [9.17, 15) is 8.42 Å². The molecule has 1 aromatic carbocycles. The van der Waals surface area contributed by atoms with Gasteiger partial charge in [-0.3, -0.25) is 0 Å². The van der Waals surface area contributed by atoms with Crippen LogP contribution in [0.2, 0.25) is 0 Å². The quantitative estimate of drug-likeness (QED) is 0.780. The van der Waals surface area contributed by atoms with Crippen LogP contribution in [0.4, 0.5) is 5.69 Å². The molecule has 0 radical (unpaired) electrons. The number of nitrogen functional groups attached to an aromatic ring is 1. The van der Waals surface area contributed by atoms with Gasteiger partial charge in [0.1, 0.15) is 0 Å². The fourth-order valence-corrected chi connectivity index (χ4v) is 2.12. The Balaban J connectivity index is 3.13. The Morgan fingerprint density at radius 2 is 2.13 bits per heavy atom. The van der Waals surface area contributed by atoms with Crippen LogP contribution in [0.1, 0.15) is 12.0 Å². The van der Waals surface area contributed by atoms with Crippen LogP contribution in [-0.2, 0) is 16.3 Å². The Kier molecular flexibility index (Phi) is 3.32. The summed E-state index contributed by atoms with van der Waals surface area (Å²) in [4.78, 5) is 0.137. The molecule has 0 amide bonds. The van der Waals surface area contributed by atoms with Crippen LogP contribution in [0.15, 0.2) is 23.1 Å². The Hall–Kier alpha value is -1.54. The van der Waals surface area contributed by atoms with E-state index < -0.39 is 9.84 Å². The molecule has 1 rings (SSSR count). The molecule has 0 aliphatic rings. The fourth-order valence-electron chi connectivity index (χ4n) is 1.26. The number of nitrogens with zero attached hydrogens (tertiary/aromatic N) is 1. The Morgan fingerprint density at radius 3 is 2.67 bits per heavy atom. The van der Waals surface area contributed by atoms with Crippen molar-refractivity contribution in [3.8, 4) is 6.07 Å². The van der Waals surface area contributed by atoms with E-state index in [4.69, 9.17) is 11.0 Å². The van der Waals surface area contributed by atoms with Crippen LogP contribution in [0, 0.1) is 11.3 Å². The van der Waals surface area contributed by atoms with Gasteiger partial charge in [-0.15, -0.1) is 0 Å². The number of sulfone groups is 1. The van der Waals surface area contributed by atoms with Crippen LogP contribution in [0.5, 0.6) is 0 Å². The first-order valence-electron chi connectivity index (χ1n) is 4.40. The number of hydrogen-bond donors (Lipinski definition) is 1. The lowest BCUT2D eigenvalue weighted by molar-refractivity contribution is 0.602. The number of benzene rings is 1. The van der Waals surface area contributed by atoms with Crippen molar-refractivity contribution in [2.75, 3.05) is 12.0 Å². The summed E-state index contributed by atoms with van der Waals surface area (Å²) >= 11 is 0. The molecule has 1 aromatic rings. The Labute approximate surface area is 89.2 Å². The van der Waals surface area contributed by atoms with E-state index in [0.717, 1.165) is 11.8 Å². The summed E-state index contributed by atoms with van der Waals surface area (Å²) in [6.45, 7) is 0. The van der Waals surface area contributed by atoms with Gasteiger partial charge in [-0.25, -0.2) is 8.42 Å². The first-order chi connectivity index (χ1) is 6.95. The third-order valence-electron chi connectivity index (χ3n) is 2.00. The predicted molar refractivity (Wildman–Crippen MR) is 57.9 cm³/mol. The largest absolute Gasteiger partial charge is 0.398 e. The summed E-state index contributed by atoms with van der Waals surface area (Å²) in [6, 6.07) is 6.83. The maximum atomic E-state index is 11.3. The van der Waals surface area contributed by atoms with Crippen LogP contribution >= 0.6 is 0 Å². The molecule has 0 saturated heterocycles. The molecule has 15 heavy (non-hydrogen) atoms. The molecule has 0 spiro atoms. The van der Waals surface area contributed by atoms with Crippen LogP contribution in [0.25, 0.3) is 0 Å². The maximum absolute atomic E-state index is 11.3. The third kappa shape index (κ3) is 2.96. The lowest BCUT2D eigenvalue weighted by Gasteiger charge is -2.05. The van der Waals surface area contributed by atoms with Gasteiger partial charge in [0.05, 0.1) is 16.7 Å². The molecule has 0 aliphatic heterocycles. The van der Waals surface area contributed by atoms with Gasteiger partial charge in [-0.2, -0.15) is 5.26 Å². The van der Waals surface area contributed by atoms with E-state index in [0.29, 0.717) is 12.8 Å². The minimum absolute atomic E-state index is 0.137. The number of aryl methyl sites for hydroxylation is 1. The molecule has 2 N–H and O–H groups in total. The predicted octanol–water partition coefficient (Wildman–Crippen LogP) is 1.13. The second kappa shape index (κ2) is 4.32. The SMILES string of the molecule is CS(=O)(=O)c1cc(CCC#N)ccc1N. The third-order valence-corrected chi connectivity index (χ3v) is 3.16. The Morgan fingerprint density at radius 1 is 1.47 bits per heavy atom. The fraction of sp³-hybridized carbons (Fsp3) is 0.300. The molecule has 80 valence electrons. The monoisotopic (exact) mass is 224 g/mol. The first-order valence-corrected chi connectivity index (χ1v) is 6.29. The highest BCUT2D eigenvalue weighted by atomic mass is 32.2. The molecule has 0 atom stereocenters. The topological polar surface area (TPSA) is 84.0 Å². The second-order valence-corrected chi connectivity index (χ2v) is 5.29.